The van der Waals surface area contributed by atoms with Gasteiger partial charge < -0.3 is 19.6 Å². The third-order valence-corrected chi connectivity index (χ3v) is 3.73. The van der Waals surface area contributed by atoms with Crippen LogP contribution in [0.2, 0.25) is 0 Å². The number of aliphatic hydroxyl groups excluding tert-OH is 1. The van der Waals surface area contributed by atoms with E-state index in [1.807, 2.05) is 54.6 Å². The third-order valence-electron chi connectivity index (χ3n) is 3.73. The van der Waals surface area contributed by atoms with Gasteiger partial charge in [-0.25, -0.2) is 0 Å². The van der Waals surface area contributed by atoms with Crippen LogP contribution in [0, 0.1) is 0 Å². The summed E-state index contributed by atoms with van der Waals surface area (Å²) in [5.74, 6) is 1.41. The van der Waals surface area contributed by atoms with Gasteiger partial charge in [-0.1, -0.05) is 48.5 Å². The molecule has 0 fully saturated rings. The Morgan fingerprint density at radius 3 is 2.54 bits per heavy atom. The van der Waals surface area contributed by atoms with Gasteiger partial charge in [-0.2, -0.15) is 0 Å². The minimum absolute atomic E-state index is 0.417. The van der Waals surface area contributed by atoms with Gasteiger partial charge >= 0.3 is 0 Å². The van der Waals surface area contributed by atoms with Crippen molar-refractivity contribution >= 4 is 0 Å². The largest absolute Gasteiger partial charge is 0.489 e. The average molecular weight is 323 g/mol. The lowest BCUT2D eigenvalue weighted by Gasteiger charge is -2.13. The molecule has 0 aliphatic carbocycles. The molecule has 2 N–H and O–H groups in total. The van der Waals surface area contributed by atoms with Crippen LogP contribution in [0.1, 0.15) is 23.0 Å². The van der Waals surface area contributed by atoms with Crippen LogP contribution in [0.15, 0.2) is 77.4 Å². The van der Waals surface area contributed by atoms with E-state index in [1.165, 1.54) is 0 Å². The predicted molar refractivity (Wildman–Crippen MR) is 92.6 cm³/mol. The number of nitrogens with one attached hydrogen (secondary N) is 1. The number of hydrogen-bond donors (Lipinski definition) is 2. The molecule has 0 aliphatic heterocycles. The van der Waals surface area contributed by atoms with E-state index in [9.17, 15) is 5.11 Å². The fourth-order valence-corrected chi connectivity index (χ4v) is 2.45. The normalized spacial score (nSPS) is 12.0. The molecule has 0 spiro atoms. The number of benzene rings is 2. The first-order valence-corrected chi connectivity index (χ1v) is 8.00. The Kier molecular flexibility index (Phi) is 5.66. The number of hydrogen-bond acceptors (Lipinski definition) is 4. The number of aliphatic hydroxyl groups is 1. The summed E-state index contributed by atoms with van der Waals surface area (Å²) < 4.78 is 11.1. The monoisotopic (exact) mass is 323 g/mol. The Labute approximate surface area is 141 Å². The van der Waals surface area contributed by atoms with Crippen LogP contribution in [-0.4, -0.2) is 11.7 Å². The van der Waals surface area contributed by atoms with Gasteiger partial charge in [-0.05, 0) is 23.8 Å². The molecule has 0 bridgehead atoms. The fourth-order valence-electron chi connectivity index (χ4n) is 2.45. The van der Waals surface area contributed by atoms with E-state index in [0.29, 0.717) is 25.5 Å². The second-order valence-corrected chi connectivity index (χ2v) is 5.54. The van der Waals surface area contributed by atoms with E-state index in [1.54, 1.807) is 18.4 Å². The van der Waals surface area contributed by atoms with Crippen molar-refractivity contribution in [1.82, 2.24) is 5.32 Å². The van der Waals surface area contributed by atoms with Gasteiger partial charge in [0.15, 0.2) is 0 Å². The molecular formula is C20H21NO3. The van der Waals surface area contributed by atoms with Crippen LogP contribution in [0.5, 0.6) is 5.75 Å². The second kappa shape index (κ2) is 8.34. The zero-order chi connectivity index (χ0) is 16.6. The highest BCUT2D eigenvalue weighted by molar-refractivity contribution is 5.33. The van der Waals surface area contributed by atoms with Crippen molar-refractivity contribution in [3.63, 3.8) is 0 Å². The Morgan fingerprint density at radius 1 is 0.958 bits per heavy atom. The maximum absolute atomic E-state index is 10.0. The Hall–Kier alpha value is -2.56. The standard InChI is InChI=1S/C20H21NO3/c22-18(20-11-6-12-23-20)14-21-13-17-9-4-5-10-19(17)24-15-16-7-2-1-3-8-16/h1-12,18,21-22H,13-15H2. The van der Waals surface area contributed by atoms with Crippen LogP contribution >= 0.6 is 0 Å². The summed E-state index contributed by atoms with van der Waals surface area (Å²) in [6, 6.07) is 21.5. The van der Waals surface area contributed by atoms with Gasteiger partial charge in [0, 0.05) is 18.7 Å². The Morgan fingerprint density at radius 2 is 1.75 bits per heavy atom. The summed E-state index contributed by atoms with van der Waals surface area (Å²) in [6.45, 7) is 1.57. The Bertz CT molecular complexity index is 726. The Balaban J connectivity index is 1.54. The number of rotatable bonds is 8. The minimum Gasteiger partial charge on any atom is -0.489 e. The molecule has 1 atom stereocenters. The van der Waals surface area contributed by atoms with Crippen LogP contribution in [0.25, 0.3) is 0 Å². The van der Waals surface area contributed by atoms with Crippen molar-refractivity contribution in [2.45, 2.75) is 19.3 Å². The molecule has 0 saturated heterocycles. The van der Waals surface area contributed by atoms with Gasteiger partial charge in [0.25, 0.3) is 0 Å². The zero-order valence-corrected chi connectivity index (χ0v) is 13.4. The summed E-state index contributed by atoms with van der Waals surface area (Å²) in [5.41, 5.74) is 2.19. The number of ether oxygens (including phenoxy) is 1. The topological polar surface area (TPSA) is 54.6 Å². The molecule has 3 rings (SSSR count). The highest BCUT2D eigenvalue weighted by Gasteiger charge is 2.10. The fraction of sp³-hybridized carbons (Fsp3) is 0.200. The second-order valence-electron chi connectivity index (χ2n) is 5.54. The highest BCUT2D eigenvalue weighted by atomic mass is 16.5. The van der Waals surface area contributed by atoms with Crippen molar-refractivity contribution in [3.8, 4) is 5.75 Å². The van der Waals surface area contributed by atoms with Gasteiger partial charge in [0.1, 0.15) is 24.2 Å². The molecule has 0 aliphatic rings. The minimum atomic E-state index is -0.655. The molecule has 1 aromatic heterocycles. The van der Waals surface area contributed by atoms with E-state index in [2.05, 4.69) is 5.32 Å². The van der Waals surface area contributed by atoms with Crippen molar-refractivity contribution in [1.29, 1.82) is 0 Å². The molecule has 124 valence electrons. The molecule has 1 heterocycles. The quantitative estimate of drug-likeness (QED) is 0.664. The van der Waals surface area contributed by atoms with E-state index < -0.39 is 6.10 Å². The molecule has 3 aromatic rings. The maximum atomic E-state index is 10.0. The van der Waals surface area contributed by atoms with Crippen molar-refractivity contribution < 1.29 is 14.3 Å². The molecular weight excluding hydrogens is 302 g/mol. The third kappa shape index (κ3) is 4.47. The van der Waals surface area contributed by atoms with Gasteiger partial charge in [0.2, 0.25) is 0 Å². The van der Waals surface area contributed by atoms with E-state index >= 15 is 0 Å². The van der Waals surface area contributed by atoms with E-state index in [0.717, 1.165) is 16.9 Å². The van der Waals surface area contributed by atoms with Gasteiger partial charge in [-0.15, -0.1) is 0 Å². The van der Waals surface area contributed by atoms with E-state index in [4.69, 9.17) is 9.15 Å². The molecule has 0 amide bonds. The lowest BCUT2D eigenvalue weighted by Crippen LogP contribution is -2.21. The van der Waals surface area contributed by atoms with Crippen molar-refractivity contribution in [2.24, 2.45) is 0 Å². The molecule has 2 aromatic carbocycles. The first-order chi connectivity index (χ1) is 11.8. The molecule has 4 nitrogen and oxygen atoms in total. The smallest absolute Gasteiger partial charge is 0.133 e. The maximum Gasteiger partial charge on any atom is 0.133 e. The summed E-state index contributed by atoms with van der Waals surface area (Å²) >= 11 is 0. The highest BCUT2D eigenvalue weighted by Crippen LogP contribution is 2.20. The zero-order valence-electron chi connectivity index (χ0n) is 13.4. The van der Waals surface area contributed by atoms with Crippen LogP contribution < -0.4 is 10.1 Å². The molecule has 0 radical (unpaired) electrons. The van der Waals surface area contributed by atoms with Crippen LogP contribution in [0.4, 0.5) is 0 Å². The SMILES string of the molecule is OC(CNCc1ccccc1OCc1ccccc1)c1ccco1. The van der Waals surface area contributed by atoms with Crippen molar-refractivity contribution in [2.75, 3.05) is 6.54 Å². The van der Waals surface area contributed by atoms with Crippen molar-refractivity contribution in [3.05, 3.63) is 89.9 Å². The first-order valence-electron chi connectivity index (χ1n) is 8.00. The number of furan rings is 1. The summed E-state index contributed by atoms with van der Waals surface area (Å²) in [4.78, 5) is 0. The van der Waals surface area contributed by atoms with Gasteiger partial charge in [0.05, 0.1) is 6.26 Å². The van der Waals surface area contributed by atoms with Gasteiger partial charge in [-0.3, -0.25) is 0 Å². The summed E-state index contributed by atoms with van der Waals surface area (Å²) in [5, 5.41) is 13.3. The molecule has 4 heteroatoms. The molecule has 24 heavy (non-hydrogen) atoms. The molecule has 0 saturated carbocycles. The predicted octanol–water partition coefficient (Wildman–Crippen LogP) is 3.68. The first kappa shape index (κ1) is 16.3. The lowest BCUT2D eigenvalue weighted by atomic mass is 10.2. The van der Waals surface area contributed by atoms with E-state index in [-0.39, 0.29) is 0 Å². The lowest BCUT2D eigenvalue weighted by molar-refractivity contribution is 0.147. The van der Waals surface area contributed by atoms with Crippen LogP contribution in [-0.2, 0) is 13.2 Å². The average Bonchev–Trinajstić information content (AvgIpc) is 3.16. The molecule has 1 unspecified atom stereocenters. The summed E-state index contributed by atoms with van der Waals surface area (Å²) in [7, 11) is 0. The van der Waals surface area contributed by atoms with Crippen LogP contribution in [0.3, 0.4) is 0 Å². The summed E-state index contributed by atoms with van der Waals surface area (Å²) in [6.07, 6.45) is 0.906. The number of para-hydroxylation sites is 1.